The molecule has 0 unspecified atom stereocenters. The first kappa shape index (κ1) is 15.2. The van der Waals surface area contributed by atoms with Gasteiger partial charge in [-0.15, -0.1) is 0 Å². The van der Waals surface area contributed by atoms with Crippen LogP contribution >= 0.6 is 12.6 Å². The number of thiol groups is 1. The van der Waals surface area contributed by atoms with Gasteiger partial charge in [0, 0.05) is 13.1 Å². The fourth-order valence-electron chi connectivity index (χ4n) is 0.719. The van der Waals surface area contributed by atoms with E-state index < -0.39 is 15.9 Å². The van der Waals surface area contributed by atoms with Crippen molar-refractivity contribution in [2.45, 2.75) is 0 Å². The third-order valence-corrected chi connectivity index (χ3v) is 2.36. The molecule has 0 bridgehead atoms. The first-order valence-corrected chi connectivity index (χ1v) is 6.96. The first-order chi connectivity index (χ1) is 7.35. The molecule has 2 amide bonds. The molecule has 0 spiro atoms. The van der Waals surface area contributed by atoms with Crippen molar-refractivity contribution in [2.75, 3.05) is 31.6 Å². The van der Waals surface area contributed by atoms with Crippen molar-refractivity contribution in [2.24, 2.45) is 0 Å². The van der Waals surface area contributed by atoms with Crippen LogP contribution in [-0.4, -0.2) is 51.9 Å². The average Bonchev–Trinajstić information content (AvgIpc) is 2.20. The molecule has 0 saturated heterocycles. The van der Waals surface area contributed by atoms with Crippen molar-refractivity contribution in [3.05, 3.63) is 0 Å². The largest absolute Gasteiger partial charge is 0.354 e. The van der Waals surface area contributed by atoms with E-state index in [1.54, 1.807) is 0 Å². The molecule has 0 atom stereocenters. The van der Waals surface area contributed by atoms with Crippen LogP contribution in [0.15, 0.2) is 0 Å². The summed E-state index contributed by atoms with van der Waals surface area (Å²) < 4.78 is 23.3. The second-order valence-corrected chi connectivity index (χ2v) is 5.10. The minimum atomic E-state index is -3.36. The normalized spacial score (nSPS) is 10.9. The molecule has 0 saturated carbocycles. The van der Waals surface area contributed by atoms with Crippen molar-refractivity contribution in [1.82, 2.24) is 15.4 Å². The van der Waals surface area contributed by atoms with Crippen LogP contribution in [0.4, 0.5) is 0 Å². The number of nitrogens with one attached hydrogen (secondary N) is 3. The van der Waals surface area contributed by atoms with Gasteiger partial charge >= 0.3 is 0 Å². The number of sulfonamides is 1. The molecule has 0 aliphatic rings. The second-order valence-electron chi connectivity index (χ2n) is 2.95. The molecule has 0 aromatic carbocycles. The van der Waals surface area contributed by atoms with Crippen LogP contribution in [0.25, 0.3) is 0 Å². The van der Waals surface area contributed by atoms with E-state index in [0.29, 0.717) is 0 Å². The SMILES string of the molecule is CS(=O)(=O)NCC(=O)NCCNC(=O)CS. The van der Waals surface area contributed by atoms with Crippen LogP contribution in [0.3, 0.4) is 0 Å². The summed E-state index contributed by atoms with van der Waals surface area (Å²) in [6.07, 6.45) is 0.965. The quantitative estimate of drug-likeness (QED) is 0.308. The Morgan fingerprint density at radius 2 is 1.62 bits per heavy atom. The van der Waals surface area contributed by atoms with Crippen LogP contribution in [-0.2, 0) is 19.6 Å². The number of hydrogen-bond donors (Lipinski definition) is 4. The topological polar surface area (TPSA) is 104 Å². The van der Waals surface area contributed by atoms with E-state index in [1.165, 1.54) is 0 Å². The molecule has 0 aromatic rings. The van der Waals surface area contributed by atoms with Crippen molar-refractivity contribution in [3.8, 4) is 0 Å². The fourth-order valence-corrected chi connectivity index (χ4v) is 1.22. The Kier molecular flexibility index (Phi) is 7.10. The van der Waals surface area contributed by atoms with Gasteiger partial charge in [-0.1, -0.05) is 0 Å². The highest BCUT2D eigenvalue weighted by Crippen LogP contribution is 1.74. The zero-order valence-corrected chi connectivity index (χ0v) is 10.5. The van der Waals surface area contributed by atoms with Gasteiger partial charge in [0.15, 0.2) is 0 Å². The van der Waals surface area contributed by atoms with Gasteiger partial charge in [-0.05, 0) is 0 Å². The minimum absolute atomic E-state index is 0.0869. The van der Waals surface area contributed by atoms with Crippen molar-refractivity contribution in [1.29, 1.82) is 0 Å². The van der Waals surface area contributed by atoms with Crippen molar-refractivity contribution < 1.29 is 18.0 Å². The fraction of sp³-hybridized carbons (Fsp3) is 0.714. The maximum Gasteiger partial charge on any atom is 0.235 e. The van der Waals surface area contributed by atoms with E-state index in [-0.39, 0.29) is 31.3 Å². The molecule has 0 aliphatic carbocycles. The molecule has 7 nitrogen and oxygen atoms in total. The lowest BCUT2D eigenvalue weighted by Crippen LogP contribution is -2.40. The summed E-state index contributed by atoms with van der Waals surface area (Å²) in [7, 11) is -3.36. The van der Waals surface area contributed by atoms with E-state index in [0.717, 1.165) is 6.26 Å². The molecule has 0 fully saturated rings. The Balaban J connectivity index is 3.56. The van der Waals surface area contributed by atoms with Crippen LogP contribution in [0.1, 0.15) is 0 Å². The lowest BCUT2D eigenvalue weighted by atomic mass is 10.5. The van der Waals surface area contributed by atoms with E-state index in [2.05, 4.69) is 23.3 Å². The molecular weight excluding hydrogens is 254 g/mol. The monoisotopic (exact) mass is 269 g/mol. The molecular formula is C7H15N3O4S2. The zero-order valence-electron chi connectivity index (χ0n) is 8.82. The molecule has 0 aliphatic heterocycles. The van der Waals surface area contributed by atoms with E-state index in [9.17, 15) is 18.0 Å². The third kappa shape index (κ3) is 9.74. The van der Waals surface area contributed by atoms with Gasteiger partial charge in [-0.25, -0.2) is 13.1 Å². The van der Waals surface area contributed by atoms with Gasteiger partial charge < -0.3 is 10.6 Å². The first-order valence-electron chi connectivity index (χ1n) is 4.44. The van der Waals surface area contributed by atoms with Gasteiger partial charge in [-0.2, -0.15) is 12.6 Å². The summed E-state index contributed by atoms with van der Waals surface area (Å²) in [5.41, 5.74) is 0. The zero-order chi connectivity index (χ0) is 12.6. The number of rotatable bonds is 7. The van der Waals surface area contributed by atoms with E-state index in [1.807, 2.05) is 4.72 Å². The second kappa shape index (κ2) is 7.47. The third-order valence-electron chi connectivity index (χ3n) is 1.41. The van der Waals surface area contributed by atoms with Gasteiger partial charge in [0.05, 0.1) is 18.6 Å². The average molecular weight is 269 g/mol. The molecule has 0 radical (unpaired) electrons. The standard InChI is InChI=1S/C7H15N3O4S2/c1-16(13,14)10-4-6(11)8-2-3-9-7(12)5-15/h10,15H,2-5H2,1H3,(H,8,11)(H,9,12). The number of hydrogen-bond acceptors (Lipinski definition) is 5. The van der Waals surface area contributed by atoms with Gasteiger partial charge in [0.2, 0.25) is 21.8 Å². The molecule has 9 heteroatoms. The summed E-state index contributed by atoms with van der Waals surface area (Å²) in [5.74, 6) is -0.596. The summed E-state index contributed by atoms with van der Waals surface area (Å²) >= 11 is 3.75. The lowest BCUT2D eigenvalue weighted by molar-refractivity contribution is -0.121. The Labute approximate surface area is 99.8 Å². The van der Waals surface area contributed by atoms with Gasteiger partial charge in [0.25, 0.3) is 0 Å². The summed E-state index contributed by atoms with van der Waals surface area (Å²) in [6, 6.07) is 0. The predicted molar refractivity (Wildman–Crippen MR) is 62.7 cm³/mol. The number of amides is 2. The maximum absolute atomic E-state index is 11.0. The van der Waals surface area contributed by atoms with Crippen LogP contribution in [0.5, 0.6) is 0 Å². The van der Waals surface area contributed by atoms with Crippen LogP contribution in [0.2, 0.25) is 0 Å². The molecule has 16 heavy (non-hydrogen) atoms. The van der Waals surface area contributed by atoms with Gasteiger partial charge in [-0.3, -0.25) is 9.59 Å². The Morgan fingerprint density at radius 3 is 2.06 bits per heavy atom. The molecule has 3 N–H and O–H groups in total. The minimum Gasteiger partial charge on any atom is -0.354 e. The molecule has 0 rings (SSSR count). The maximum atomic E-state index is 11.0. The predicted octanol–water partition coefficient (Wildman–Crippen LogP) is -2.30. The molecule has 94 valence electrons. The van der Waals surface area contributed by atoms with E-state index in [4.69, 9.17) is 0 Å². The Bertz CT molecular complexity index is 342. The number of carbonyl (C=O) groups excluding carboxylic acids is 2. The molecule has 0 aromatic heterocycles. The Morgan fingerprint density at radius 1 is 1.12 bits per heavy atom. The van der Waals surface area contributed by atoms with E-state index >= 15 is 0 Å². The Hall–Kier alpha value is -0.800. The van der Waals surface area contributed by atoms with Crippen LogP contribution in [0, 0.1) is 0 Å². The number of carbonyl (C=O) groups is 2. The lowest BCUT2D eigenvalue weighted by Gasteiger charge is -2.06. The summed E-state index contributed by atoms with van der Waals surface area (Å²) in [6.45, 7) is 0.215. The van der Waals surface area contributed by atoms with Crippen molar-refractivity contribution >= 4 is 34.5 Å². The highest BCUT2D eigenvalue weighted by Gasteiger charge is 2.05. The highest BCUT2D eigenvalue weighted by atomic mass is 32.2. The van der Waals surface area contributed by atoms with Gasteiger partial charge in [0.1, 0.15) is 0 Å². The molecule has 0 heterocycles. The summed E-state index contributed by atoms with van der Waals surface area (Å²) in [5, 5.41) is 4.92. The summed E-state index contributed by atoms with van der Waals surface area (Å²) in [4.78, 5) is 21.8. The smallest absolute Gasteiger partial charge is 0.235 e. The van der Waals surface area contributed by atoms with Crippen LogP contribution < -0.4 is 15.4 Å². The van der Waals surface area contributed by atoms with Crippen molar-refractivity contribution in [3.63, 3.8) is 0 Å². The highest BCUT2D eigenvalue weighted by molar-refractivity contribution is 7.88.